The van der Waals surface area contributed by atoms with Gasteiger partial charge >= 0.3 is 0 Å². The van der Waals surface area contributed by atoms with Crippen molar-refractivity contribution >= 4 is 16.8 Å². The second-order valence-electron chi connectivity index (χ2n) is 7.17. The second kappa shape index (κ2) is 8.37. The van der Waals surface area contributed by atoms with Crippen LogP contribution in [0.25, 0.3) is 10.9 Å². The van der Waals surface area contributed by atoms with Crippen LogP contribution < -0.4 is 5.56 Å². The summed E-state index contributed by atoms with van der Waals surface area (Å²) in [6, 6.07) is 20.0. The molecule has 6 nitrogen and oxygen atoms in total. The van der Waals surface area contributed by atoms with Crippen LogP contribution >= 0.6 is 0 Å². The molecule has 4 aromatic rings. The van der Waals surface area contributed by atoms with Crippen LogP contribution in [-0.4, -0.2) is 20.4 Å². The zero-order valence-corrected chi connectivity index (χ0v) is 17.0. The molecule has 1 atom stereocenters. The fourth-order valence-electron chi connectivity index (χ4n) is 3.72. The smallest absolute Gasteiger partial charge is 0.290 e. The van der Waals surface area contributed by atoms with E-state index in [1.165, 1.54) is 6.26 Å². The van der Waals surface area contributed by atoms with Crippen LogP contribution in [0, 0.1) is 0 Å². The summed E-state index contributed by atoms with van der Waals surface area (Å²) in [7, 11) is 1.71. The number of hydrogen-bond acceptors (Lipinski definition) is 4. The van der Waals surface area contributed by atoms with E-state index in [0.29, 0.717) is 29.7 Å². The summed E-state index contributed by atoms with van der Waals surface area (Å²) in [5.41, 5.74) is 1.49. The SMILES string of the molecule is CCC(c1nc2ccccc2c(=O)n1C)N(Cc1ccccc1)C(=O)c1ccco1. The van der Waals surface area contributed by atoms with Crippen molar-refractivity contribution in [3.63, 3.8) is 0 Å². The highest BCUT2D eigenvalue weighted by atomic mass is 16.3. The van der Waals surface area contributed by atoms with Gasteiger partial charge in [0.25, 0.3) is 11.5 Å². The zero-order valence-electron chi connectivity index (χ0n) is 17.0. The fourth-order valence-corrected chi connectivity index (χ4v) is 3.72. The standard InChI is InChI=1S/C24H23N3O3/c1-3-20(22-25-19-13-8-7-12-18(19)23(28)26(22)2)27(16-17-10-5-4-6-11-17)24(29)21-14-9-15-30-21/h4-15,20H,3,16H2,1-2H3. The number of carbonyl (C=O) groups excluding carboxylic acids is 1. The largest absolute Gasteiger partial charge is 0.459 e. The van der Waals surface area contributed by atoms with E-state index in [0.717, 1.165) is 5.56 Å². The highest BCUT2D eigenvalue weighted by Gasteiger charge is 2.30. The third kappa shape index (κ3) is 3.64. The molecule has 30 heavy (non-hydrogen) atoms. The summed E-state index contributed by atoms with van der Waals surface area (Å²) in [4.78, 5) is 32.8. The minimum atomic E-state index is -0.398. The third-order valence-corrected chi connectivity index (χ3v) is 5.27. The van der Waals surface area contributed by atoms with Gasteiger partial charge in [0, 0.05) is 13.6 Å². The molecule has 0 N–H and O–H groups in total. The van der Waals surface area contributed by atoms with E-state index in [9.17, 15) is 9.59 Å². The molecule has 0 aliphatic heterocycles. The van der Waals surface area contributed by atoms with Gasteiger partial charge in [0.1, 0.15) is 5.82 Å². The average Bonchev–Trinajstić information content (AvgIpc) is 3.32. The van der Waals surface area contributed by atoms with Gasteiger partial charge in [-0.25, -0.2) is 4.98 Å². The van der Waals surface area contributed by atoms with Crippen molar-refractivity contribution in [3.8, 4) is 0 Å². The van der Waals surface area contributed by atoms with Crippen molar-refractivity contribution in [3.05, 3.63) is 100 Å². The van der Waals surface area contributed by atoms with Crippen molar-refractivity contribution in [2.45, 2.75) is 25.9 Å². The molecule has 0 aliphatic rings. The minimum Gasteiger partial charge on any atom is -0.459 e. The van der Waals surface area contributed by atoms with Gasteiger partial charge in [-0.3, -0.25) is 14.2 Å². The summed E-state index contributed by atoms with van der Waals surface area (Å²) in [5.74, 6) is 0.574. The van der Waals surface area contributed by atoms with Crippen LogP contribution in [-0.2, 0) is 13.6 Å². The molecule has 152 valence electrons. The first-order chi connectivity index (χ1) is 14.6. The number of amides is 1. The second-order valence-corrected chi connectivity index (χ2v) is 7.17. The lowest BCUT2D eigenvalue weighted by Crippen LogP contribution is -2.37. The Balaban J connectivity index is 1.84. The first-order valence-corrected chi connectivity index (χ1v) is 9.94. The number of fused-ring (bicyclic) bond motifs is 1. The van der Waals surface area contributed by atoms with E-state index in [1.807, 2.05) is 55.5 Å². The quantitative estimate of drug-likeness (QED) is 0.483. The first kappa shape index (κ1) is 19.6. The summed E-state index contributed by atoms with van der Waals surface area (Å²) < 4.78 is 6.93. The Morgan fingerprint density at radius 2 is 1.80 bits per heavy atom. The van der Waals surface area contributed by atoms with Crippen LogP contribution in [0.3, 0.4) is 0 Å². The normalized spacial score (nSPS) is 12.1. The van der Waals surface area contributed by atoms with Gasteiger partial charge in [0.05, 0.1) is 23.2 Å². The number of hydrogen-bond donors (Lipinski definition) is 0. The van der Waals surface area contributed by atoms with Crippen molar-refractivity contribution in [2.75, 3.05) is 0 Å². The number of para-hydroxylation sites is 1. The predicted molar refractivity (Wildman–Crippen MR) is 115 cm³/mol. The van der Waals surface area contributed by atoms with E-state index < -0.39 is 6.04 Å². The van der Waals surface area contributed by atoms with Gasteiger partial charge in [-0.1, -0.05) is 49.4 Å². The molecule has 2 aromatic heterocycles. The van der Waals surface area contributed by atoms with Crippen molar-refractivity contribution in [1.29, 1.82) is 0 Å². The lowest BCUT2D eigenvalue weighted by atomic mass is 10.1. The Bertz CT molecular complexity index is 1210. The molecule has 2 aromatic carbocycles. The maximum absolute atomic E-state index is 13.4. The van der Waals surface area contributed by atoms with E-state index in [4.69, 9.17) is 9.40 Å². The molecule has 0 fully saturated rings. The first-order valence-electron chi connectivity index (χ1n) is 9.94. The van der Waals surface area contributed by atoms with Gasteiger partial charge < -0.3 is 9.32 Å². The predicted octanol–water partition coefficient (Wildman–Crippen LogP) is 4.32. The number of carbonyl (C=O) groups is 1. The third-order valence-electron chi connectivity index (χ3n) is 5.27. The molecule has 1 unspecified atom stereocenters. The van der Waals surface area contributed by atoms with Gasteiger partial charge in [0.2, 0.25) is 0 Å². The zero-order chi connectivity index (χ0) is 21.1. The highest BCUT2D eigenvalue weighted by molar-refractivity contribution is 5.91. The van der Waals surface area contributed by atoms with Gasteiger partial charge in [-0.05, 0) is 36.2 Å². The van der Waals surface area contributed by atoms with Gasteiger partial charge in [0.15, 0.2) is 5.76 Å². The minimum absolute atomic E-state index is 0.126. The number of furan rings is 1. The molecule has 0 spiro atoms. The van der Waals surface area contributed by atoms with Crippen molar-refractivity contribution in [2.24, 2.45) is 7.05 Å². The number of benzene rings is 2. The van der Waals surface area contributed by atoms with E-state index in [-0.39, 0.29) is 17.2 Å². The number of nitrogens with zero attached hydrogens (tertiary/aromatic N) is 3. The van der Waals surface area contributed by atoms with Crippen LogP contribution in [0.1, 0.15) is 41.3 Å². The Morgan fingerprint density at radius 1 is 1.07 bits per heavy atom. The molecule has 0 aliphatic carbocycles. The monoisotopic (exact) mass is 401 g/mol. The highest BCUT2D eigenvalue weighted by Crippen LogP contribution is 2.27. The summed E-state index contributed by atoms with van der Waals surface area (Å²) in [5, 5.41) is 0.561. The number of aromatic nitrogens is 2. The maximum Gasteiger partial charge on any atom is 0.290 e. The molecule has 0 bridgehead atoms. The summed E-state index contributed by atoms with van der Waals surface area (Å²) >= 11 is 0. The Morgan fingerprint density at radius 3 is 2.50 bits per heavy atom. The Labute approximate surface area is 174 Å². The van der Waals surface area contributed by atoms with Crippen LogP contribution in [0.2, 0.25) is 0 Å². The Hall–Kier alpha value is -3.67. The summed E-state index contributed by atoms with van der Waals surface area (Å²) in [6.07, 6.45) is 2.08. The van der Waals surface area contributed by atoms with E-state index >= 15 is 0 Å². The van der Waals surface area contributed by atoms with E-state index in [1.54, 1.807) is 34.7 Å². The summed E-state index contributed by atoms with van der Waals surface area (Å²) in [6.45, 7) is 2.36. The molecule has 0 saturated carbocycles. The van der Waals surface area contributed by atoms with Gasteiger partial charge in [-0.15, -0.1) is 0 Å². The van der Waals surface area contributed by atoms with Crippen LogP contribution in [0.5, 0.6) is 0 Å². The average molecular weight is 401 g/mol. The van der Waals surface area contributed by atoms with Crippen LogP contribution in [0.15, 0.2) is 82.2 Å². The lowest BCUT2D eigenvalue weighted by molar-refractivity contribution is 0.0606. The molecular weight excluding hydrogens is 378 g/mol. The van der Waals surface area contributed by atoms with Crippen LogP contribution in [0.4, 0.5) is 0 Å². The fraction of sp³-hybridized carbons (Fsp3) is 0.208. The topological polar surface area (TPSA) is 68.3 Å². The van der Waals surface area contributed by atoms with Crippen molar-refractivity contribution < 1.29 is 9.21 Å². The number of rotatable bonds is 6. The van der Waals surface area contributed by atoms with E-state index in [2.05, 4.69) is 0 Å². The molecule has 6 heteroatoms. The Kier molecular flexibility index (Phi) is 5.48. The lowest BCUT2D eigenvalue weighted by Gasteiger charge is -2.31. The molecule has 0 saturated heterocycles. The molecular formula is C24H23N3O3. The molecule has 2 heterocycles. The van der Waals surface area contributed by atoms with Crippen molar-refractivity contribution in [1.82, 2.24) is 14.5 Å². The molecule has 0 radical (unpaired) electrons. The molecule has 1 amide bonds. The molecule has 4 rings (SSSR count). The van der Waals surface area contributed by atoms with Gasteiger partial charge in [-0.2, -0.15) is 0 Å². The maximum atomic E-state index is 13.4.